The molecule has 25 N–H and O–H groups in total. The molecular weight excluding hydrogens is 1890 g/mol. The molecule has 9 aliphatic rings. The molecule has 23 atom stereocenters. The quantitative estimate of drug-likeness (QED) is 0.0381. The van der Waals surface area contributed by atoms with Crippen LogP contribution in [0.1, 0.15) is 154 Å². The second kappa shape index (κ2) is 44.2. The van der Waals surface area contributed by atoms with Crippen LogP contribution in [0.25, 0.3) is 11.1 Å². The fraction of sp³-hybridized carbons (Fsp3) is 0.430. The Balaban J connectivity index is 1.03. The summed E-state index contributed by atoms with van der Waals surface area (Å²) in [5, 5.41) is 203. The number of hydrogen-bond acceptors (Lipinski definition) is 34. The Labute approximate surface area is 804 Å². The average Bonchev–Trinajstić information content (AvgIpc) is 0.754. The first kappa shape index (κ1) is 103. The van der Waals surface area contributed by atoms with E-state index in [9.17, 15) is 106 Å². The highest BCUT2D eigenvalue weighted by atomic mass is 35.5. The predicted molar refractivity (Wildman–Crippen MR) is 479 cm³/mol. The van der Waals surface area contributed by atoms with Gasteiger partial charge in [-0.25, -0.2) is 4.79 Å². The van der Waals surface area contributed by atoms with E-state index in [1.54, 1.807) is 0 Å². The molecule has 0 radical (unpaired) electrons. The molecule has 3 fully saturated rings. The van der Waals surface area contributed by atoms with E-state index >= 15 is 28.8 Å². The third-order valence-corrected chi connectivity index (χ3v) is 25.1. The van der Waals surface area contributed by atoms with Gasteiger partial charge in [0.15, 0.2) is 35.3 Å². The van der Waals surface area contributed by atoms with Crippen molar-refractivity contribution < 1.29 is 177 Å². The van der Waals surface area contributed by atoms with E-state index in [1.165, 1.54) is 24.3 Å². The van der Waals surface area contributed by atoms with Crippen LogP contribution in [0, 0.1) is 5.92 Å². The summed E-state index contributed by atoms with van der Waals surface area (Å²) in [5.41, 5.74) is -4.34. The number of phenols is 4. The van der Waals surface area contributed by atoms with Gasteiger partial charge in [0.25, 0.3) is 0 Å². The highest BCUT2D eigenvalue weighted by Gasteiger charge is 2.53. The third-order valence-electron chi connectivity index (χ3n) is 24.5. The first-order valence-electron chi connectivity index (χ1n) is 44.5. The highest BCUT2D eigenvalue weighted by molar-refractivity contribution is 6.32. The summed E-state index contributed by atoms with van der Waals surface area (Å²) in [6, 6.07) is -1.03. The van der Waals surface area contributed by atoms with Crippen molar-refractivity contribution in [3.8, 4) is 80.1 Å². The van der Waals surface area contributed by atoms with Crippen LogP contribution < -0.4 is 71.5 Å². The monoisotopic (exact) mass is 1990 g/mol. The van der Waals surface area contributed by atoms with E-state index < -0.39 is 358 Å². The summed E-state index contributed by atoms with van der Waals surface area (Å²) < 4.78 is 57.6. The van der Waals surface area contributed by atoms with Crippen molar-refractivity contribution in [2.75, 3.05) is 19.8 Å². The number of carbonyl (C=O) groups is 11. The molecule has 140 heavy (non-hydrogen) atoms. The summed E-state index contributed by atoms with van der Waals surface area (Å²) >= 11 is 14.8. The highest BCUT2D eigenvalue weighted by Crippen LogP contribution is 2.51. The minimum Gasteiger partial charge on any atom is -0.508 e. The number of unbranched alkanes of at least 4 members (excludes halogenated alkanes) is 4. The summed E-state index contributed by atoms with van der Waals surface area (Å²) in [5.74, 6) is -22.8. The van der Waals surface area contributed by atoms with Crippen molar-refractivity contribution >= 4 is 88.3 Å². The van der Waals surface area contributed by atoms with Gasteiger partial charge in [-0.3, -0.25) is 47.9 Å². The Morgan fingerprint density at radius 1 is 0.464 bits per heavy atom. The van der Waals surface area contributed by atoms with Gasteiger partial charge in [-0.05, 0) is 125 Å². The number of carboxylic acids is 2. The number of aliphatic carboxylic acids is 2. The number of aliphatic hydroxyl groups excluding tert-OH is 10. The maximum atomic E-state index is 17.1. The molecule has 23 unspecified atom stereocenters. The molecule has 9 amide bonds. The van der Waals surface area contributed by atoms with Gasteiger partial charge >= 0.3 is 11.9 Å². The van der Waals surface area contributed by atoms with Crippen molar-refractivity contribution in [3.63, 3.8) is 0 Å². The lowest BCUT2D eigenvalue weighted by molar-refractivity contribution is -0.284. The van der Waals surface area contributed by atoms with Crippen molar-refractivity contribution in [2.45, 2.75) is 225 Å². The van der Waals surface area contributed by atoms with Gasteiger partial charge in [-0.2, -0.15) is 0 Å². The Bertz CT molecular complexity index is 5880. The van der Waals surface area contributed by atoms with Gasteiger partial charge in [0.05, 0.1) is 36.3 Å². The number of ether oxygens (including phenoxy) is 9. The zero-order chi connectivity index (χ0) is 101. The Hall–Kier alpha value is -13.1. The number of rotatable bonds is 24. The maximum absolute atomic E-state index is 17.1. The molecule has 0 aromatic heterocycles. The second-order valence-corrected chi connectivity index (χ2v) is 35.8. The lowest BCUT2D eigenvalue weighted by atomic mass is 9.89. The average molecular weight is 1990 g/mol. The molecule has 7 aromatic carbocycles. The number of carbonyl (C=O) groups excluding carboxylic acids is 9. The molecule has 7 aromatic rings. The number of halogens is 2. The first-order valence-corrected chi connectivity index (χ1v) is 45.3. The molecule has 0 spiro atoms. The molecule has 750 valence electrons. The summed E-state index contributed by atoms with van der Waals surface area (Å²) in [6.07, 6.45) is -27.0. The van der Waals surface area contributed by atoms with Gasteiger partial charge in [0, 0.05) is 55.0 Å². The number of aromatic hydroxyl groups is 4. The van der Waals surface area contributed by atoms with Gasteiger partial charge in [0.1, 0.15) is 156 Å². The number of hydrogen-bond donors (Lipinski definition) is 25. The van der Waals surface area contributed by atoms with Crippen molar-refractivity contribution in [3.05, 3.63) is 164 Å². The minimum atomic E-state index is -2.63. The van der Waals surface area contributed by atoms with Gasteiger partial charge in [-0.1, -0.05) is 93.4 Å². The van der Waals surface area contributed by atoms with Crippen LogP contribution in [0.4, 0.5) is 0 Å². The molecule has 17 bridgehead atoms. The van der Waals surface area contributed by atoms with Crippen molar-refractivity contribution in [2.24, 2.45) is 5.92 Å². The first-order chi connectivity index (χ1) is 66.6. The molecular formula is C93H103Cl2N9O36. The Morgan fingerprint density at radius 2 is 1.01 bits per heavy atom. The lowest BCUT2D eigenvalue weighted by Gasteiger charge is -2.44. The van der Waals surface area contributed by atoms with Crippen LogP contribution in [0.5, 0.6) is 69.0 Å². The Kier molecular flexibility index (Phi) is 32.4. The van der Waals surface area contributed by atoms with Gasteiger partial charge in [0.2, 0.25) is 71.5 Å². The standard InChI is InChI=1S/C93H103Cl2N9O36/c1-36(2)9-7-5-4-6-8-10-63(113)99-73-79(121)76(118)61(34-106)137-92(73)140-83-58-28-43-29-59(83)134-55-18-14-41(26-50(55)95)82(139-91-72(96-37(3)108)78(120)75(117)60(33-105)136-91)74-89(129)103-71(90(130)131)48-31-45(110)32-57(135-93-81(123)80(122)77(119)62(35-107)138-93)66(48)47-25-39(12-15-52(47)111)68(86(126)104-74)101-88(128)70(43)102-87(127)69-42-23-44(109)30-46(24-42)132-56-27-40(13-16-53(56)112)67(98-64(114)19-20-65(115)116)85(125)97-51(84(124)100-69)22-38-11-17-54(133-58)49(94)21-38/h11-18,21,23-32,36,51,60-62,67-82,91-93,105-107,109-112,117-123H,4-10,19-20,22,33-35H2,1-3H3,(H,96,108)(H,97,125)(H,98,114)(H,99,113)(H,100,124)(H,101,128)(H,102,127)(H,103,129)(H,104,126)(H,115,116)(H,130,131). The second-order valence-electron chi connectivity index (χ2n) is 35.0. The molecule has 45 nitrogen and oxygen atoms in total. The van der Waals surface area contributed by atoms with E-state index in [1.807, 2.05) is 0 Å². The molecule has 9 heterocycles. The summed E-state index contributed by atoms with van der Waals surface area (Å²) in [7, 11) is 0. The number of fused-ring (bicyclic) bond motifs is 14. The fourth-order valence-corrected chi connectivity index (χ4v) is 17.7. The fourth-order valence-electron chi connectivity index (χ4n) is 17.2. The molecule has 3 saturated heterocycles. The largest absolute Gasteiger partial charge is 0.508 e. The number of aliphatic hydroxyl groups is 10. The van der Waals surface area contributed by atoms with Crippen LogP contribution in [0.2, 0.25) is 10.0 Å². The maximum Gasteiger partial charge on any atom is 0.330 e. The Morgan fingerprint density at radius 3 is 1.64 bits per heavy atom. The van der Waals surface area contributed by atoms with Crippen LogP contribution in [0.3, 0.4) is 0 Å². The van der Waals surface area contributed by atoms with Crippen LogP contribution in [0.15, 0.2) is 115 Å². The number of nitrogens with one attached hydrogen (secondary N) is 9. The molecule has 16 rings (SSSR count). The van der Waals surface area contributed by atoms with E-state index in [-0.39, 0.29) is 22.6 Å². The third kappa shape index (κ3) is 23.1. The van der Waals surface area contributed by atoms with E-state index in [2.05, 4.69) is 61.7 Å². The topological polar surface area (TPSA) is 703 Å². The number of carboxylic acid groups (broad SMARTS) is 2. The molecule has 47 heteroatoms. The van der Waals surface area contributed by atoms with E-state index in [4.69, 9.17) is 65.8 Å². The van der Waals surface area contributed by atoms with Crippen molar-refractivity contribution in [1.29, 1.82) is 0 Å². The molecule has 0 aliphatic carbocycles. The number of benzene rings is 7. The summed E-state index contributed by atoms with van der Waals surface area (Å²) in [4.78, 5) is 165. The molecule has 9 aliphatic heterocycles. The smallest absolute Gasteiger partial charge is 0.330 e. The van der Waals surface area contributed by atoms with Crippen LogP contribution in [-0.2, 0) is 78.1 Å². The summed E-state index contributed by atoms with van der Waals surface area (Å²) in [6.45, 7) is 1.93. The lowest BCUT2D eigenvalue weighted by Crippen LogP contribution is -2.65. The molecule has 0 saturated carbocycles. The van der Waals surface area contributed by atoms with Crippen LogP contribution >= 0.6 is 23.2 Å². The van der Waals surface area contributed by atoms with Gasteiger partial charge in [-0.15, -0.1) is 0 Å². The minimum absolute atomic E-state index is 0.0645. The van der Waals surface area contributed by atoms with Crippen LogP contribution in [-0.4, -0.2) is 271 Å². The van der Waals surface area contributed by atoms with E-state index in [0.717, 1.165) is 124 Å². The predicted octanol–water partition coefficient (Wildman–Crippen LogP) is 1.43. The van der Waals surface area contributed by atoms with Gasteiger partial charge < -0.3 is 172 Å². The number of amides is 9. The zero-order valence-electron chi connectivity index (χ0n) is 74.6. The normalized spacial score (nSPS) is 27.8. The van der Waals surface area contributed by atoms with Crippen molar-refractivity contribution in [1.82, 2.24) is 47.9 Å². The van der Waals surface area contributed by atoms with E-state index in [0.29, 0.717) is 18.8 Å². The zero-order valence-corrected chi connectivity index (χ0v) is 76.1. The number of phenolic OH excluding ortho intramolecular Hbond substituents is 4. The SMILES string of the molecule is CC(=O)NC1C(OC2c3ccc(c(Cl)c3)Oc3cc4cc(c3OC3OC(CO)C(O)C(O)C3NC(=O)CCCCCCCC(C)C)Oc3ccc(cc3Cl)CC3NC(=O)C(NC(=O)CCC(=O)O)c5ccc(O)c(c5)Oc5cc(O)cc(c5)C(NC3=O)C(=O)NC4C(=O)NC3C(=O)NC2C(=O)NC(C(=O)O)c2cc(O)cc(OC4OC(CO)C(O)C(O)C4O)c2-c2cc3ccc2O)OC(CO)C(O)C1O.